The Hall–Kier alpha value is -1.82. The summed E-state index contributed by atoms with van der Waals surface area (Å²) in [7, 11) is 0. The molecule has 0 spiro atoms. The number of carbonyl (C=O) groups is 1. The van der Waals surface area contributed by atoms with Crippen LogP contribution in [0.25, 0.3) is 0 Å². The number of carbonyl (C=O) groups excluding carboxylic acids is 1. The van der Waals surface area contributed by atoms with Crippen molar-refractivity contribution in [1.29, 1.82) is 0 Å². The van der Waals surface area contributed by atoms with E-state index in [1.807, 2.05) is 6.07 Å². The van der Waals surface area contributed by atoms with Crippen molar-refractivity contribution in [3.8, 4) is 0 Å². The second-order valence-electron chi connectivity index (χ2n) is 4.83. The Kier molecular flexibility index (Phi) is 5.17. The fourth-order valence-electron chi connectivity index (χ4n) is 2.29. The molecule has 1 aromatic rings. The molecule has 1 saturated heterocycles. The van der Waals surface area contributed by atoms with Crippen molar-refractivity contribution in [3.63, 3.8) is 0 Å². The summed E-state index contributed by atoms with van der Waals surface area (Å²) in [6, 6.07) is 6.49. The Labute approximate surface area is 118 Å². The lowest BCUT2D eigenvalue weighted by Crippen LogP contribution is -2.38. The second-order valence-corrected chi connectivity index (χ2v) is 4.83. The molecule has 0 aromatic heterocycles. The van der Waals surface area contributed by atoms with Crippen LogP contribution < -0.4 is 16.0 Å². The molecule has 2 rings (SSSR count). The molecule has 0 saturated carbocycles. The molecule has 20 heavy (non-hydrogen) atoms. The number of urea groups is 1. The van der Waals surface area contributed by atoms with Gasteiger partial charge in [-0.15, -0.1) is 0 Å². The van der Waals surface area contributed by atoms with Gasteiger partial charge in [0.25, 0.3) is 0 Å². The van der Waals surface area contributed by atoms with E-state index in [1.54, 1.807) is 11.0 Å². The first kappa shape index (κ1) is 14.6. The summed E-state index contributed by atoms with van der Waals surface area (Å²) in [6.45, 7) is 4.09. The van der Waals surface area contributed by atoms with Gasteiger partial charge < -0.3 is 20.9 Å². The van der Waals surface area contributed by atoms with Gasteiger partial charge in [0.05, 0.1) is 0 Å². The third-order valence-corrected chi connectivity index (χ3v) is 3.39. The molecule has 1 heterocycles. The highest BCUT2D eigenvalue weighted by atomic mass is 19.1. The number of amides is 2. The van der Waals surface area contributed by atoms with Crippen LogP contribution in [0, 0.1) is 5.82 Å². The van der Waals surface area contributed by atoms with Crippen LogP contribution in [0.3, 0.4) is 0 Å². The third kappa shape index (κ3) is 3.84. The van der Waals surface area contributed by atoms with Crippen molar-refractivity contribution in [2.24, 2.45) is 5.73 Å². The summed E-state index contributed by atoms with van der Waals surface area (Å²) >= 11 is 0. The minimum Gasteiger partial charge on any atom is -0.370 e. The van der Waals surface area contributed by atoms with Crippen LogP contribution in [0.5, 0.6) is 0 Å². The van der Waals surface area contributed by atoms with Crippen molar-refractivity contribution < 1.29 is 9.18 Å². The second kappa shape index (κ2) is 7.09. The quantitative estimate of drug-likeness (QED) is 0.783. The molecule has 6 heteroatoms. The fraction of sp³-hybridized carbons (Fsp3) is 0.500. The molecule has 0 unspecified atom stereocenters. The number of hydrogen-bond acceptors (Lipinski definition) is 3. The fourth-order valence-corrected chi connectivity index (χ4v) is 2.29. The maximum Gasteiger partial charge on any atom is 0.317 e. The number of nitrogens with zero attached hydrogens (tertiary/aromatic N) is 2. The van der Waals surface area contributed by atoms with Gasteiger partial charge >= 0.3 is 6.03 Å². The van der Waals surface area contributed by atoms with Crippen molar-refractivity contribution in [2.75, 3.05) is 44.2 Å². The first-order valence-corrected chi connectivity index (χ1v) is 6.94. The first-order chi connectivity index (χ1) is 9.70. The van der Waals surface area contributed by atoms with Crippen LogP contribution in [0.15, 0.2) is 24.3 Å². The van der Waals surface area contributed by atoms with Gasteiger partial charge in [0.1, 0.15) is 5.82 Å². The average molecular weight is 280 g/mol. The van der Waals surface area contributed by atoms with E-state index >= 15 is 0 Å². The van der Waals surface area contributed by atoms with Gasteiger partial charge in [-0.1, -0.05) is 6.07 Å². The lowest BCUT2D eigenvalue weighted by atomic mass is 10.2. The van der Waals surface area contributed by atoms with E-state index < -0.39 is 0 Å². The highest BCUT2D eigenvalue weighted by Gasteiger charge is 2.19. The largest absolute Gasteiger partial charge is 0.370 e. The van der Waals surface area contributed by atoms with Gasteiger partial charge in [-0.25, -0.2) is 9.18 Å². The molecular weight excluding hydrogens is 259 g/mol. The molecule has 3 N–H and O–H groups in total. The van der Waals surface area contributed by atoms with Crippen LogP contribution in [-0.4, -0.2) is 50.2 Å². The maximum absolute atomic E-state index is 13.3. The summed E-state index contributed by atoms with van der Waals surface area (Å²) in [4.78, 5) is 15.4. The topological polar surface area (TPSA) is 61.6 Å². The smallest absolute Gasteiger partial charge is 0.317 e. The van der Waals surface area contributed by atoms with Crippen LogP contribution in [0.4, 0.5) is 14.9 Å². The monoisotopic (exact) mass is 280 g/mol. The summed E-state index contributed by atoms with van der Waals surface area (Å²) in [6.07, 6.45) is 0.836. The lowest BCUT2D eigenvalue weighted by Gasteiger charge is -2.27. The summed E-state index contributed by atoms with van der Waals surface area (Å²) in [5, 5.41) is 2.77. The van der Waals surface area contributed by atoms with Crippen molar-refractivity contribution in [1.82, 2.24) is 10.2 Å². The summed E-state index contributed by atoms with van der Waals surface area (Å²) in [5.74, 6) is -0.251. The Balaban J connectivity index is 1.97. The molecule has 1 aromatic carbocycles. The van der Waals surface area contributed by atoms with Crippen molar-refractivity contribution in [2.45, 2.75) is 6.42 Å². The number of halogens is 1. The number of hydrogen-bond donors (Lipinski definition) is 2. The van der Waals surface area contributed by atoms with E-state index in [0.717, 1.165) is 25.2 Å². The average Bonchev–Trinajstić information content (AvgIpc) is 2.84. The Morgan fingerprint density at radius 1 is 1.40 bits per heavy atom. The summed E-state index contributed by atoms with van der Waals surface area (Å²) in [5.41, 5.74) is 6.38. The molecule has 110 valence electrons. The SMILES string of the molecule is NCCCN(CCN1CCNC1=O)c1cccc(F)c1. The van der Waals surface area contributed by atoms with E-state index in [2.05, 4.69) is 10.2 Å². The van der Waals surface area contributed by atoms with Crippen LogP contribution in [0.1, 0.15) is 6.42 Å². The molecule has 0 aliphatic carbocycles. The van der Waals surface area contributed by atoms with Crippen molar-refractivity contribution in [3.05, 3.63) is 30.1 Å². The molecule has 2 amide bonds. The zero-order chi connectivity index (χ0) is 14.4. The Morgan fingerprint density at radius 2 is 2.25 bits per heavy atom. The molecule has 0 bridgehead atoms. The molecular formula is C14H21FN4O. The van der Waals surface area contributed by atoms with Gasteiger partial charge in [-0.05, 0) is 31.2 Å². The van der Waals surface area contributed by atoms with Gasteiger partial charge in [0, 0.05) is 38.4 Å². The maximum atomic E-state index is 13.3. The van der Waals surface area contributed by atoms with E-state index in [0.29, 0.717) is 26.2 Å². The number of nitrogens with two attached hydrogens (primary N) is 1. The zero-order valence-corrected chi connectivity index (χ0v) is 11.5. The Bertz CT molecular complexity index is 455. The normalized spacial score (nSPS) is 14.5. The highest BCUT2D eigenvalue weighted by Crippen LogP contribution is 2.16. The van der Waals surface area contributed by atoms with E-state index in [-0.39, 0.29) is 11.8 Å². The number of anilines is 1. The lowest BCUT2D eigenvalue weighted by molar-refractivity contribution is 0.218. The van der Waals surface area contributed by atoms with Gasteiger partial charge in [0.15, 0.2) is 0 Å². The van der Waals surface area contributed by atoms with E-state index in [1.165, 1.54) is 12.1 Å². The van der Waals surface area contributed by atoms with Crippen LogP contribution >= 0.6 is 0 Å². The standard InChI is InChI=1S/C14H21FN4O/c15-12-3-1-4-13(11-12)18(7-2-5-16)9-10-19-8-6-17-14(19)20/h1,3-4,11H,2,5-10,16H2,(H,17,20). The van der Waals surface area contributed by atoms with Crippen LogP contribution in [0.2, 0.25) is 0 Å². The Morgan fingerprint density at radius 3 is 2.90 bits per heavy atom. The number of nitrogens with one attached hydrogen (secondary N) is 1. The predicted octanol–water partition coefficient (Wildman–Crippen LogP) is 1.01. The van der Waals surface area contributed by atoms with Gasteiger partial charge in [-0.3, -0.25) is 0 Å². The van der Waals surface area contributed by atoms with Gasteiger partial charge in [0.2, 0.25) is 0 Å². The van der Waals surface area contributed by atoms with E-state index in [4.69, 9.17) is 5.73 Å². The molecule has 0 radical (unpaired) electrons. The molecule has 5 nitrogen and oxygen atoms in total. The molecule has 1 fully saturated rings. The molecule has 1 aliphatic rings. The van der Waals surface area contributed by atoms with E-state index in [9.17, 15) is 9.18 Å². The molecule has 0 atom stereocenters. The first-order valence-electron chi connectivity index (χ1n) is 6.94. The van der Waals surface area contributed by atoms with Crippen molar-refractivity contribution >= 4 is 11.7 Å². The minimum absolute atomic E-state index is 0.0250. The zero-order valence-electron chi connectivity index (χ0n) is 11.5. The number of rotatable bonds is 7. The van der Waals surface area contributed by atoms with Gasteiger partial charge in [-0.2, -0.15) is 0 Å². The third-order valence-electron chi connectivity index (χ3n) is 3.39. The summed E-state index contributed by atoms with van der Waals surface area (Å²) < 4.78 is 13.3. The van der Waals surface area contributed by atoms with Crippen LogP contribution in [-0.2, 0) is 0 Å². The molecule has 1 aliphatic heterocycles. The highest BCUT2D eigenvalue weighted by molar-refractivity contribution is 5.76. The number of benzene rings is 1. The minimum atomic E-state index is -0.251. The predicted molar refractivity (Wildman–Crippen MR) is 77.3 cm³/mol.